The van der Waals surface area contributed by atoms with Gasteiger partial charge in [0, 0.05) is 5.92 Å². The summed E-state index contributed by atoms with van der Waals surface area (Å²) in [4.78, 5) is 19.3. The molecule has 0 aliphatic heterocycles. The maximum atomic E-state index is 9.65. The molecule has 4 heteroatoms. The van der Waals surface area contributed by atoms with E-state index >= 15 is 0 Å². The minimum atomic E-state index is -2.44. The molecule has 0 bridgehead atoms. The van der Waals surface area contributed by atoms with Crippen LogP contribution in [0, 0.1) is 0 Å². The van der Waals surface area contributed by atoms with Crippen LogP contribution < -0.4 is 0 Å². The van der Waals surface area contributed by atoms with Crippen molar-refractivity contribution >= 4 is 8.60 Å². The van der Waals surface area contributed by atoms with Crippen LogP contribution in [0.5, 0.6) is 0 Å². The lowest BCUT2D eigenvalue weighted by Gasteiger charge is -2.34. The van der Waals surface area contributed by atoms with Crippen molar-refractivity contribution in [2.75, 3.05) is 6.61 Å². The highest BCUT2D eigenvalue weighted by molar-refractivity contribution is 7.39. The summed E-state index contributed by atoms with van der Waals surface area (Å²) in [5, 5.41) is 0. The van der Waals surface area contributed by atoms with Crippen LogP contribution in [0.2, 0.25) is 0 Å². The highest BCUT2D eigenvalue weighted by atomic mass is 31.2. The first-order valence-electron chi connectivity index (χ1n) is 12.3. The third-order valence-corrected chi connectivity index (χ3v) is 6.94. The molecule has 0 saturated heterocycles. The molecule has 2 aromatic carbocycles. The fourth-order valence-electron chi connectivity index (χ4n) is 4.44. The Morgan fingerprint density at radius 2 is 0.971 bits per heavy atom. The minimum Gasteiger partial charge on any atom is -0.328 e. The van der Waals surface area contributed by atoms with E-state index in [4.69, 9.17) is 4.52 Å². The standard InChI is InChI=1S/C30H47O3P/c1-27(2,3)20-13-15-22(25(17-20)29(7,8)9)24(19-33-34(31)32)23-16-14-21(28(4,5)6)18-26(23)30(10,11)12/h13-18,24,31-32H,19H2,1-12H3. The van der Waals surface area contributed by atoms with Crippen LogP contribution in [0.25, 0.3) is 0 Å². The largest absolute Gasteiger partial charge is 0.328 e. The van der Waals surface area contributed by atoms with E-state index in [2.05, 4.69) is 119 Å². The van der Waals surface area contributed by atoms with Crippen LogP contribution >= 0.6 is 8.60 Å². The molecule has 0 spiro atoms. The van der Waals surface area contributed by atoms with Gasteiger partial charge in [0.2, 0.25) is 0 Å². The van der Waals surface area contributed by atoms with Crippen molar-refractivity contribution in [1.82, 2.24) is 0 Å². The molecule has 0 aliphatic rings. The highest BCUT2D eigenvalue weighted by Crippen LogP contribution is 2.43. The van der Waals surface area contributed by atoms with Gasteiger partial charge in [-0.1, -0.05) is 119 Å². The Morgan fingerprint density at radius 3 is 1.24 bits per heavy atom. The Morgan fingerprint density at radius 1 is 0.618 bits per heavy atom. The van der Waals surface area contributed by atoms with E-state index in [9.17, 15) is 9.79 Å². The smallest absolute Gasteiger partial charge is 0.327 e. The van der Waals surface area contributed by atoms with E-state index in [0.717, 1.165) is 0 Å². The lowest BCUT2D eigenvalue weighted by molar-refractivity contribution is 0.245. The van der Waals surface area contributed by atoms with Gasteiger partial charge in [-0.05, 0) is 55.0 Å². The zero-order valence-electron chi connectivity index (χ0n) is 23.5. The number of hydrogen-bond acceptors (Lipinski definition) is 3. The van der Waals surface area contributed by atoms with Gasteiger partial charge in [0.1, 0.15) is 0 Å². The summed E-state index contributed by atoms with van der Waals surface area (Å²) in [6, 6.07) is 13.6. The molecule has 0 radical (unpaired) electrons. The van der Waals surface area contributed by atoms with Gasteiger partial charge in [0.05, 0.1) is 6.61 Å². The molecule has 0 amide bonds. The van der Waals surface area contributed by atoms with Crippen molar-refractivity contribution in [2.24, 2.45) is 0 Å². The number of benzene rings is 2. The zero-order chi connectivity index (χ0) is 26.3. The molecule has 0 aliphatic carbocycles. The molecule has 0 atom stereocenters. The summed E-state index contributed by atoms with van der Waals surface area (Å²) in [6.07, 6.45) is 0. The molecule has 2 rings (SSSR count). The predicted molar refractivity (Wildman–Crippen MR) is 147 cm³/mol. The van der Waals surface area contributed by atoms with Gasteiger partial charge in [-0.2, -0.15) is 0 Å². The third-order valence-electron chi connectivity index (χ3n) is 6.56. The minimum absolute atomic E-state index is 0.0416. The van der Waals surface area contributed by atoms with Crippen molar-refractivity contribution in [1.29, 1.82) is 0 Å². The van der Waals surface area contributed by atoms with E-state index in [0.29, 0.717) is 0 Å². The topological polar surface area (TPSA) is 49.7 Å². The molecule has 190 valence electrons. The van der Waals surface area contributed by atoms with Crippen molar-refractivity contribution in [3.8, 4) is 0 Å². The SMILES string of the molecule is CC(C)(C)c1ccc(C(COP(O)O)c2ccc(C(C)(C)C)cc2C(C)(C)C)c(C(C)(C)C)c1. The third kappa shape index (κ3) is 7.14. The quantitative estimate of drug-likeness (QED) is 0.418. The van der Waals surface area contributed by atoms with Gasteiger partial charge in [-0.3, -0.25) is 0 Å². The van der Waals surface area contributed by atoms with E-state index in [1.54, 1.807) is 0 Å². The molecular weight excluding hydrogens is 439 g/mol. The van der Waals surface area contributed by atoms with E-state index in [1.165, 1.54) is 33.4 Å². The molecule has 0 saturated carbocycles. The van der Waals surface area contributed by atoms with Crippen LogP contribution in [0.1, 0.15) is 122 Å². The Bertz CT molecular complexity index is 905. The molecule has 3 nitrogen and oxygen atoms in total. The molecule has 2 N–H and O–H groups in total. The summed E-state index contributed by atoms with van der Waals surface area (Å²) < 4.78 is 5.52. The van der Waals surface area contributed by atoms with Gasteiger partial charge in [-0.25, -0.2) is 0 Å². The average Bonchev–Trinajstić information content (AvgIpc) is 2.65. The Hall–Kier alpha value is -1.25. The second-order valence-corrected chi connectivity index (χ2v) is 14.5. The first-order valence-corrected chi connectivity index (χ1v) is 13.5. The van der Waals surface area contributed by atoms with Crippen LogP contribution in [-0.4, -0.2) is 16.4 Å². The maximum absolute atomic E-state index is 9.65. The molecule has 0 unspecified atom stereocenters. The van der Waals surface area contributed by atoms with Gasteiger partial charge < -0.3 is 14.3 Å². The number of rotatable bonds is 5. The van der Waals surface area contributed by atoms with Gasteiger partial charge in [0.15, 0.2) is 0 Å². The van der Waals surface area contributed by atoms with Crippen LogP contribution in [0.15, 0.2) is 36.4 Å². The van der Waals surface area contributed by atoms with Crippen molar-refractivity contribution in [3.05, 3.63) is 69.8 Å². The maximum Gasteiger partial charge on any atom is 0.327 e. The fourth-order valence-corrected chi connectivity index (χ4v) is 4.72. The average molecular weight is 487 g/mol. The normalized spacial score (nSPS) is 13.8. The lowest BCUT2D eigenvalue weighted by Crippen LogP contribution is -2.24. The van der Waals surface area contributed by atoms with Crippen LogP contribution in [0.3, 0.4) is 0 Å². The molecule has 0 aromatic heterocycles. The molecule has 2 aromatic rings. The molecule has 34 heavy (non-hydrogen) atoms. The summed E-state index contributed by atoms with van der Waals surface area (Å²) in [5.74, 6) is -0.115. The zero-order valence-corrected chi connectivity index (χ0v) is 24.4. The monoisotopic (exact) mass is 486 g/mol. The molecular formula is C30H47O3P. The van der Waals surface area contributed by atoms with Crippen LogP contribution in [0.4, 0.5) is 0 Å². The van der Waals surface area contributed by atoms with Gasteiger partial charge in [0.25, 0.3) is 0 Å². The summed E-state index contributed by atoms with van der Waals surface area (Å²) in [5.41, 5.74) is 7.44. The predicted octanol–water partition coefficient (Wildman–Crippen LogP) is 8.24. The summed E-state index contributed by atoms with van der Waals surface area (Å²) in [7, 11) is -2.44. The lowest BCUT2D eigenvalue weighted by atomic mass is 9.71. The van der Waals surface area contributed by atoms with E-state index in [-0.39, 0.29) is 34.2 Å². The van der Waals surface area contributed by atoms with Crippen molar-refractivity contribution in [3.63, 3.8) is 0 Å². The van der Waals surface area contributed by atoms with E-state index in [1.807, 2.05) is 0 Å². The van der Waals surface area contributed by atoms with Gasteiger partial charge >= 0.3 is 8.60 Å². The Kier molecular flexibility index (Phi) is 8.54. The number of hydrogen-bond donors (Lipinski definition) is 2. The van der Waals surface area contributed by atoms with Crippen LogP contribution in [-0.2, 0) is 26.2 Å². The Labute approximate surface area is 210 Å². The Balaban J connectivity index is 2.86. The second-order valence-electron chi connectivity index (χ2n) is 13.7. The van der Waals surface area contributed by atoms with Crippen molar-refractivity contribution in [2.45, 2.75) is 111 Å². The first-order chi connectivity index (χ1) is 15.2. The second kappa shape index (κ2) is 10.0. The first kappa shape index (κ1) is 29.0. The highest BCUT2D eigenvalue weighted by Gasteiger charge is 2.31. The fraction of sp³-hybridized carbons (Fsp3) is 0.600. The van der Waals surface area contributed by atoms with E-state index < -0.39 is 8.60 Å². The van der Waals surface area contributed by atoms with Crippen molar-refractivity contribution < 1.29 is 14.3 Å². The van der Waals surface area contributed by atoms with Gasteiger partial charge in [-0.15, -0.1) is 0 Å². The molecule has 0 heterocycles. The summed E-state index contributed by atoms with van der Waals surface area (Å²) in [6.45, 7) is 27.1. The molecule has 0 fully saturated rings. The summed E-state index contributed by atoms with van der Waals surface area (Å²) >= 11 is 0.